The van der Waals surface area contributed by atoms with Crippen molar-refractivity contribution in [2.75, 3.05) is 17.7 Å². The van der Waals surface area contributed by atoms with Crippen molar-refractivity contribution < 1.29 is 19.4 Å². The van der Waals surface area contributed by atoms with Crippen molar-refractivity contribution in [1.29, 1.82) is 0 Å². The molecule has 210 valence electrons. The first kappa shape index (κ1) is 26.6. The Bertz CT molecular complexity index is 1750. The molecule has 0 saturated carbocycles. The van der Waals surface area contributed by atoms with Crippen LogP contribution in [-0.4, -0.2) is 37.9 Å². The molecule has 0 saturated heterocycles. The number of amides is 1. The number of benzene rings is 3. The topological polar surface area (TPSA) is 123 Å². The number of aromatic hydroxyl groups is 1. The Labute approximate surface area is 242 Å². The molecule has 42 heavy (non-hydrogen) atoms. The Hall–Kier alpha value is -5.64. The summed E-state index contributed by atoms with van der Waals surface area (Å²) in [6.45, 7) is 2.21. The van der Waals surface area contributed by atoms with E-state index in [-0.39, 0.29) is 11.7 Å². The first-order valence-electron chi connectivity index (χ1n) is 13.3. The lowest BCUT2D eigenvalue weighted by molar-refractivity contribution is -0.113. The minimum absolute atomic E-state index is 0.146. The van der Waals surface area contributed by atoms with Crippen molar-refractivity contribution in [2.24, 2.45) is 0 Å². The number of fused-ring (bicyclic) bond motifs is 1. The molecule has 3 N–H and O–H groups in total. The van der Waals surface area contributed by atoms with E-state index >= 15 is 0 Å². The Balaban J connectivity index is 1.40. The van der Waals surface area contributed by atoms with Crippen molar-refractivity contribution in [3.63, 3.8) is 0 Å². The highest BCUT2D eigenvalue weighted by Crippen LogP contribution is 2.40. The summed E-state index contributed by atoms with van der Waals surface area (Å²) in [5.41, 5.74) is 4.15. The number of phenols is 1. The van der Waals surface area contributed by atoms with E-state index in [0.717, 1.165) is 16.7 Å². The molecule has 1 unspecified atom stereocenters. The van der Waals surface area contributed by atoms with Gasteiger partial charge in [-0.1, -0.05) is 36.4 Å². The van der Waals surface area contributed by atoms with Crippen molar-refractivity contribution >= 4 is 17.5 Å². The molecule has 3 heterocycles. The number of aromatic nitrogens is 4. The molecule has 0 aliphatic carbocycles. The third-order valence-corrected chi connectivity index (χ3v) is 6.88. The lowest BCUT2D eigenvalue weighted by Crippen LogP contribution is -2.31. The highest BCUT2D eigenvalue weighted by molar-refractivity contribution is 6.06. The van der Waals surface area contributed by atoms with E-state index in [0.29, 0.717) is 46.8 Å². The summed E-state index contributed by atoms with van der Waals surface area (Å²) in [4.78, 5) is 22.6. The quantitative estimate of drug-likeness (QED) is 0.225. The summed E-state index contributed by atoms with van der Waals surface area (Å²) in [7, 11) is 1.58. The maximum atomic E-state index is 13.8. The van der Waals surface area contributed by atoms with Gasteiger partial charge in [0.05, 0.1) is 24.6 Å². The van der Waals surface area contributed by atoms with Crippen LogP contribution in [0.4, 0.5) is 11.6 Å². The molecular weight excluding hydrogens is 532 g/mol. The van der Waals surface area contributed by atoms with E-state index in [2.05, 4.69) is 15.6 Å². The fourth-order valence-corrected chi connectivity index (χ4v) is 4.83. The molecule has 0 radical (unpaired) electrons. The van der Waals surface area contributed by atoms with E-state index in [4.69, 9.17) is 19.6 Å². The first-order valence-corrected chi connectivity index (χ1v) is 13.3. The van der Waals surface area contributed by atoms with Crippen LogP contribution in [0.2, 0.25) is 0 Å². The average molecular weight is 561 g/mol. The van der Waals surface area contributed by atoms with Gasteiger partial charge in [0, 0.05) is 17.5 Å². The molecule has 0 bridgehead atoms. The third-order valence-electron chi connectivity index (χ3n) is 6.88. The molecule has 1 aliphatic rings. The molecule has 10 heteroatoms. The van der Waals surface area contributed by atoms with E-state index in [1.165, 1.54) is 0 Å². The zero-order chi connectivity index (χ0) is 29.1. The molecule has 5 aromatic rings. The Morgan fingerprint density at radius 2 is 1.83 bits per heavy atom. The Kier molecular flexibility index (Phi) is 7.25. The predicted octanol–water partition coefficient (Wildman–Crippen LogP) is 5.56. The smallest absolute Gasteiger partial charge is 0.255 e. The molecule has 6 rings (SSSR count). The highest BCUT2D eigenvalue weighted by Gasteiger charge is 2.35. The van der Waals surface area contributed by atoms with Crippen LogP contribution in [-0.2, 0) is 11.4 Å². The van der Waals surface area contributed by atoms with Crippen molar-refractivity contribution in [1.82, 2.24) is 19.7 Å². The first-order chi connectivity index (χ1) is 20.5. The standard InChI is InChI=1S/C32H28N6O4/c1-20-28(31(40)35-24-9-6-16-33-18-24)29(38-32(34-20)36-30(37-38)22-10-13-25(39)14-11-22)23-12-15-26(27(17-23)41-2)42-19-21-7-4-3-5-8-21/h3-18,29,39H,19H2,1-2H3,(H,35,40)(H,34,36,37). The maximum Gasteiger partial charge on any atom is 0.255 e. The summed E-state index contributed by atoms with van der Waals surface area (Å²) in [6.07, 6.45) is 3.23. The van der Waals surface area contributed by atoms with E-state index in [1.807, 2.05) is 55.5 Å². The van der Waals surface area contributed by atoms with Crippen LogP contribution < -0.4 is 20.1 Å². The van der Waals surface area contributed by atoms with Gasteiger partial charge in [-0.3, -0.25) is 9.78 Å². The predicted molar refractivity (Wildman–Crippen MR) is 158 cm³/mol. The van der Waals surface area contributed by atoms with Gasteiger partial charge in [0.2, 0.25) is 5.95 Å². The zero-order valence-corrected chi connectivity index (χ0v) is 23.0. The number of nitrogens with one attached hydrogen (secondary N) is 2. The van der Waals surface area contributed by atoms with Crippen LogP contribution in [0.5, 0.6) is 17.2 Å². The summed E-state index contributed by atoms with van der Waals surface area (Å²) in [5, 5.41) is 20.7. The molecule has 0 fully saturated rings. The van der Waals surface area contributed by atoms with Gasteiger partial charge in [-0.15, -0.1) is 5.10 Å². The van der Waals surface area contributed by atoms with E-state index < -0.39 is 6.04 Å². The van der Waals surface area contributed by atoms with Crippen LogP contribution in [0.15, 0.2) is 109 Å². The summed E-state index contributed by atoms with van der Waals surface area (Å²) < 4.78 is 13.5. The summed E-state index contributed by atoms with van der Waals surface area (Å²) >= 11 is 0. The fraction of sp³-hybridized carbons (Fsp3) is 0.125. The van der Waals surface area contributed by atoms with Gasteiger partial charge < -0.3 is 25.2 Å². The zero-order valence-electron chi connectivity index (χ0n) is 23.0. The second kappa shape index (κ2) is 11.5. The van der Waals surface area contributed by atoms with Gasteiger partial charge in [-0.05, 0) is 66.6 Å². The van der Waals surface area contributed by atoms with Gasteiger partial charge in [-0.25, -0.2) is 4.68 Å². The molecule has 2 aromatic heterocycles. The molecular formula is C32H28N6O4. The monoisotopic (exact) mass is 560 g/mol. The maximum absolute atomic E-state index is 13.8. The van der Waals surface area contributed by atoms with Gasteiger partial charge >= 0.3 is 0 Å². The number of phenolic OH excluding ortho intramolecular Hbond substituents is 1. The number of hydrogen-bond donors (Lipinski definition) is 3. The average Bonchev–Trinajstić information content (AvgIpc) is 3.44. The minimum atomic E-state index is -0.645. The number of allylic oxidation sites excluding steroid dienone is 1. The summed E-state index contributed by atoms with van der Waals surface area (Å²) in [6, 6.07) is 25.0. The largest absolute Gasteiger partial charge is 0.508 e. The number of carbonyl (C=O) groups excluding carboxylic acids is 1. The normalized spacial score (nSPS) is 14.1. The number of pyridine rings is 1. The van der Waals surface area contributed by atoms with Crippen LogP contribution in [0, 0.1) is 0 Å². The van der Waals surface area contributed by atoms with E-state index in [1.54, 1.807) is 60.6 Å². The molecule has 1 aliphatic heterocycles. The van der Waals surface area contributed by atoms with Gasteiger partial charge in [0.15, 0.2) is 17.3 Å². The number of carbonyl (C=O) groups is 1. The van der Waals surface area contributed by atoms with Crippen molar-refractivity contribution in [3.05, 3.63) is 120 Å². The second-order valence-corrected chi connectivity index (χ2v) is 9.70. The Morgan fingerprint density at radius 1 is 1.02 bits per heavy atom. The van der Waals surface area contributed by atoms with Crippen molar-refractivity contribution in [2.45, 2.75) is 19.6 Å². The molecule has 10 nitrogen and oxygen atoms in total. The molecule has 3 aromatic carbocycles. The third kappa shape index (κ3) is 5.37. The van der Waals surface area contributed by atoms with Crippen molar-refractivity contribution in [3.8, 4) is 28.6 Å². The number of hydrogen-bond acceptors (Lipinski definition) is 8. The number of ether oxygens (including phenoxy) is 2. The fourth-order valence-electron chi connectivity index (χ4n) is 4.83. The van der Waals surface area contributed by atoms with Crippen LogP contribution in [0.3, 0.4) is 0 Å². The van der Waals surface area contributed by atoms with Crippen LogP contribution >= 0.6 is 0 Å². The molecule has 0 spiro atoms. The molecule has 1 atom stereocenters. The SMILES string of the molecule is COc1cc(C2C(C(=O)Nc3cccnc3)=C(C)Nc3nc(-c4ccc(O)cc4)nn32)ccc1OCc1ccccc1. The lowest BCUT2D eigenvalue weighted by Gasteiger charge is -2.29. The molecule has 1 amide bonds. The number of nitrogens with zero attached hydrogens (tertiary/aromatic N) is 4. The number of methoxy groups -OCH3 is 1. The lowest BCUT2D eigenvalue weighted by atomic mass is 9.94. The Morgan fingerprint density at radius 3 is 2.57 bits per heavy atom. The van der Waals surface area contributed by atoms with Gasteiger partial charge in [0.1, 0.15) is 18.4 Å². The van der Waals surface area contributed by atoms with Gasteiger partial charge in [0.25, 0.3) is 5.91 Å². The van der Waals surface area contributed by atoms with Gasteiger partial charge in [-0.2, -0.15) is 4.98 Å². The number of anilines is 2. The minimum Gasteiger partial charge on any atom is -0.508 e. The van der Waals surface area contributed by atoms with Crippen LogP contribution in [0.1, 0.15) is 24.1 Å². The number of rotatable bonds is 8. The van der Waals surface area contributed by atoms with Crippen LogP contribution in [0.25, 0.3) is 11.4 Å². The summed E-state index contributed by atoms with van der Waals surface area (Å²) in [5.74, 6) is 1.85. The second-order valence-electron chi connectivity index (χ2n) is 9.70. The van der Waals surface area contributed by atoms with E-state index in [9.17, 15) is 9.90 Å². The highest BCUT2D eigenvalue weighted by atomic mass is 16.5.